The molecule has 1 saturated heterocycles. The number of nitrogens with two attached hydrogens (primary N) is 1. The molecule has 0 spiro atoms. The van der Waals surface area contributed by atoms with Crippen LogP contribution in [0, 0.1) is 0 Å². The molecular weight excluding hydrogens is 378 g/mol. The van der Waals surface area contributed by atoms with Crippen LogP contribution in [-0.4, -0.2) is 52.8 Å². The number of ether oxygens (including phenoxy) is 1. The van der Waals surface area contributed by atoms with Gasteiger partial charge in [-0.15, -0.1) is 0 Å². The van der Waals surface area contributed by atoms with Crippen molar-refractivity contribution >= 4 is 17.9 Å². The molecule has 0 unspecified atom stereocenters. The SMILES string of the molecule is NC/C(=C/F)COc1ccc(SN2CCCC2)cn1.O=C(O)C(F)(F)F. The summed E-state index contributed by atoms with van der Waals surface area (Å²) < 4.78 is 51.7. The number of rotatable bonds is 6. The average molecular weight is 397 g/mol. The maximum atomic E-state index is 12.3. The number of pyridine rings is 1. The molecule has 1 aromatic rings. The summed E-state index contributed by atoms with van der Waals surface area (Å²) in [5.74, 6) is -2.27. The van der Waals surface area contributed by atoms with Gasteiger partial charge in [0.2, 0.25) is 5.88 Å². The number of halogens is 4. The molecule has 6 nitrogen and oxygen atoms in total. The third-order valence-corrected chi connectivity index (χ3v) is 4.15. The van der Waals surface area contributed by atoms with Crippen molar-refractivity contribution in [1.29, 1.82) is 0 Å². The Bertz CT molecular complexity index is 591. The summed E-state index contributed by atoms with van der Waals surface area (Å²) in [6.45, 7) is 2.55. The van der Waals surface area contributed by atoms with Crippen molar-refractivity contribution in [3.63, 3.8) is 0 Å². The summed E-state index contributed by atoms with van der Waals surface area (Å²) >= 11 is 1.72. The summed E-state index contributed by atoms with van der Waals surface area (Å²) in [4.78, 5) is 14.2. The fourth-order valence-corrected chi connectivity index (χ4v) is 2.70. The first-order chi connectivity index (χ1) is 12.3. The van der Waals surface area contributed by atoms with E-state index in [1.807, 2.05) is 6.07 Å². The van der Waals surface area contributed by atoms with Gasteiger partial charge in [-0.25, -0.2) is 18.5 Å². The summed E-state index contributed by atoms with van der Waals surface area (Å²) in [6.07, 6.45) is -0.296. The number of hydrogen-bond donors (Lipinski definition) is 2. The highest BCUT2D eigenvalue weighted by atomic mass is 32.2. The zero-order chi connectivity index (χ0) is 19.6. The number of carbonyl (C=O) groups is 1. The van der Waals surface area contributed by atoms with Gasteiger partial charge in [0, 0.05) is 42.4 Å². The highest BCUT2D eigenvalue weighted by Gasteiger charge is 2.38. The minimum absolute atomic E-state index is 0.138. The van der Waals surface area contributed by atoms with Crippen LogP contribution in [0.25, 0.3) is 0 Å². The van der Waals surface area contributed by atoms with Gasteiger partial charge in [0.25, 0.3) is 0 Å². The van der Waals surface area contributed by atoms with Gasteiger partial charge in [0.15, 0.2) is 0 Å². The Morgan fingerprint density at radius 2 is 2.00 bits per heavy atom. The van der Waals surface area contributed by atoms with Crippen LogP contribution in [0.4, 0.5) is 17.6 Å². The lowest BCUT2D eigenvalue weighted by atomic mass is 10.3. The molecule has 1 aromatic heterocycles. The number of hydrogen-bond acceptors (Lipinski definition) is 6. The van der Waals surface area contributed by atoms with E-state index in [9.17, 15) is 17.6 Å². The molecule has 0 atom stereocenters. The second-order valence-electron chi connectivity index (χ2n) is 5.12. The van der Waals surface area contributed by atoms with Crippen LogP contribution < -0.4 is 10.5 Å². The van der Waals surface area contributed by atoms with Crippen LogP contribution in [0.3, 0.4) is 0 Å². The van der Waals surface area contributed by atoms with Gasteiger partial charge in [-0.05, 0) is 30.9 Å². The molecule has 3 N–H and O–H groups in total. The Morgan fingerprint density at radius 1 is 1.38 bits per heavy atom. The number of aliphatic carboxylic acids is 1. The number of carboxylic acids is 1. The number of alkyl halides is 3. The van der Waals surface area contributed by atoms with Crippen LogP contribution in [0.5, 0.6) is 5.88 Å². The van der Waals surface area contributed by atoms with E-state index >= 15 is 0 Å². The number of nitrogens with zero attached hydrogens (tertiary/aromatic N) is 2. The maximum absolute atomic E-state index is 12.3. The fraction of sp³-hybridized carbons (Fsp3) is 0.467. The van der Waals surface area contributed by atoms with E-state index in [2.05, 4.69) is 9.29 Å². The van der Waals surface area contributed by atoms with Gasteiger partial charge in [0.1, 0.15) is 6.61 Å². The summed E-state index contributed by atoms with van der Waals surface area (Å²) in [7, 11) is 0. The third kappa shape index (κ3) is 8.50. The van der Waals surface area contributed by atoms with Gasteiger partial charge < -0.3 is 15.6 Å². The molecule has 2 heterocycles. The first kappa shape index (κ1) is 22.2. The highest BCUT2D eigenvalue weighted by molar-refractivity contribution is 7.97. The predicted octanol–water partition coefficient (Wildman–Crippen LogP) is 3.01. The number of aromatic nitrogens is 1. The van der Waals surface area contributed by atoms with Gasteiger partial charge in [0.05, 0.1) is 6.33 Å². The van der Waals surface area contributed by atoms with Crippen LogP contribution >= 0.6 is 11.9 Å². The Morgan fingerprint density at radius 3 is 2.42 bits per heavy atom. The minimum atomic E-state index is -5.08. The van der Waals surface area contributed by atoms with Crippen molar-refractivity contribution in [2.75, 3.05) is 26.2 Å². The molecule has 0 aromatic carbocycles. The van der Waals surface area contributed by atoms with Gasteiger partial charge in [-0.1, -0.05) is 0 Å². The van der Waals surface area contributed by atoms with Crippen molar-refractivity contribution in [3.05, 3.63) is 30.2 Å². The van der Waals surface area contributed by atoms with Crippen LogP contribution in [0.2, 0.25) is 0 Å². The lowest BCUT2D eigenvalue weighted by Crippen LogP contribution is -2.21. The second kappa shape index (κ2) is 11.0. The fourth-order valence-electron chi connectivity index (χ4n) is 1.74. The van der Waals surface area contributed by atoms with E-state index in [-0.39, 0.29) is 13.2 Å². The topological polar surface area (TPSA) is 88.7 Å². The van der Waals surface area contributed by atoms with E-state index < -0.39 is 12.1 Å². The van der Waals surface area contributed by atoms with E-state index in [0.717, 1.165) is 18.0 Å². The largest absolute Gasteiger partial charge is 0.490 e. The predicted molar refractivity (Wildman–Crippen MR) is 88.3 cm³/mol. The lowest BCUT2D eigenvalue weighted by molar-refractivity contribution is -0.192. The van der Waals surface area contributed by atoms with E-state index in [1.54, 1.807) is 24.2 Å². The van der Waals surface area contributed by atoms with Crippen molar-refractivity contribution in [2.24, 2.45) is 5.73 Å². The minimum Gasteiger partial charge on any atom is -0.475 e. The second-order valence-corrected chi connectivity index (χ2v) is 6.29. The molecule has 1 aliphatic heterocycles. The maximum Gasteiger partial charge on any atom is 0.490 e. The van der Waals surface area contributed by atoms with Crippen molar-refractivity contribution in [3.8, 4) is 5.88 Å². The quantitative estimate of drug-likeness (QED) is 0.563. The molecule has 0 amide bonds. The van der Waals surface area contributed by atoms with Crippen LogP contribution in [0.1, 0.15) is 12.8 Å². The van der Waals surface area contributed by atoms with Crippen molar-refractivity contribution in [2.45, 2.75) is 23.9 Å². The Kier molecular flexibility index (Phi) is 9.38. The third-order valence-electron chi connectivity index (χ3n) is 3.07. The highest BCUT2D eigenvalue weighted by Crippen LogP contribution is 2.26. The molecule has 26 heavy (non-hydrogen) atoms. The summed E-state index contributed by atoms with van der Waals surface area (Å²) in [6, 6.07) is 3.76. The van der Waals surface area contributed by atoms with Crippen LogP contribution in [0.15, 0.2) is 35.1 Å². The first-order valence-electron chi connectivity index (χ1n) is 7.56. The molecule has 0 radical (unpaired) electrons. The van der Waals surface area contributed by atoms with Crippen molar-refractivity contribution in [1.82, 2.24) is 9.29 Å². The molecule has 146 valence electrons. The molecule has 1 aliphatic rings. The normalized spacial score (nSPS) is 15.3. The molecule has 2 rings (SSSR count). The zero-order valence-corrected chi connectivity index (χ0v) is 14.5. The van der Waals surface area contributed by atoms with Crippen LogP contribution in [-0.2, 0) is 4.79 Å². The van der Waals surface area contributed by atoms with Gasteiger partial charge in [-0.2, -0.15) is 13.2 Å². The molecule has 0 saturated carbocycles. The smallest absolute Gasteiger partial charge is 0.475 e. The average Bonchev–Trinajstić information content (AvgIpc) is 3.10. The Hall–Kier alpha value is -1.85. The standard InChI is InChI=1S/C13H18FN3OS.C2HF3O2/c14-7-11(8-15)10-18-13-4-3-12(9-16-13)19-17-5-1-2-6-17;3-2(4,5)1(6)7/h3-4,7,9H,1-2,5-6,8,10,15H2;(H,6,7)/b11-7-;. The Labute approximate surface area is 152 Å². The molecule has 0 bridgehead atoms. The first-order valence-corrected chi connectivity index (χ1v) is 8.33. The Balaban J connectivity index is 0.000000412. The van der Waals surface area contributed by atoms with Gasteiger partial charge >= 0.3 is 12.1 Å². The molecular formula is C15H19F4N3O3S. The zero-order valence-electron chi connectivity index (χ0n) is 13.7. The summed E-state index contributed by atoms with van der Waals surface area (Å²) in [5, 5.41) is 7.12. The van der Waals surface area contributed by atoms with Crippen molar-refractivity contribution < 1.29 is 32.2 Å². The molecule has 0 aliphatic carbocycles. The molecule has 1 fully saturated rings. The monoisotopic (exact) mass is 397 g/mol. The number of carboxylic acid groups (broad SMARTS) is 1. The molecule has 11 heteroatoms. The summed E-state index contributed by atoms with van der Waals surface area (Å²) in [5.41, 5.74) is 5.76. The van der Waals surface area contributed by atoms with E-state index in [4.69, 9.17) is 20.4 Å². The lowest BCUT2D eigenvalue weighted by Gasteiger charge is -2.13. The van der Waals surface area contributed by atoms with E-state index in [0.29, 0.717) is 17.8 Å². The van der Waals surface area contributed by atoms with E-state index in [1.165, 1.54) is 12.8 Å². The van der Waals surface area contributed by atoms with Gasteiger partial charge in [-0.3, -0.25) is 0 Å².